The monoisotopic (exact) mass is 345 g/mol. The van der Waals surface area contributed by atoms with Crippen LogP contribution in [0.25, 0.3) is 0 Å². The molecule has 0 aromatic heterocycles. The summed E-state index contributed by atoms with van der Waals surface area (Å²) in [4.78, 5) is 14.7. The third kappa shape index (κ3) is 3.03. The van der Waals surface area contributed by atoms with Crippen molar-refractivity contribution in [1.82, 2.24) is 4.90 Å². The topological polar surface area (TPSA) is 20.3 Å². The second kappa shape index (κ2) is 6.90. The molecule has 0 aliphatic carbocycles. The standard InChI is InChI=1S/C18H20BrNO/c1-20(2)17(21)18(13-14-19,15-9-5-3-6-10-15)16-11-7-4-8-12-16/h3-12H,13-14H2,1-2H3. The SMILES string of the molecule is CN(C)C(=O)C(CCBr)(c1ccccc1)c1ccccc1. The molecular weight excluding hydrogens is 326 g/mol. The molecule has 0 unspecified atom stereocenters. The van der Waals surface area contributed by atoms with Gasteiger partial charge in [-0.05, 0) is 17.5 Å². The largest absolute Gasteiger partial charge is 0.348 e. The van der Waals surface area contributed by atoms with Gasteiger partial charge in [-0.25, -0.2) is 0 Å². The van der Waals surface area contributed by atoms with Gasteiger partial charge in [0.25, 0.3) is 0 Å². The van der Waals surface area contributed by atoms with Gasteiger partial charge in [-0.1, -0.05) is 76.6 Å². The molecule has 2 aromatic carbocycles. The predicted octanol–water partition coefficient (Wildman–Crippen LogP) is 3.85. The maximum Gasteiger partial charge on any atom is 0.237 e. The molecule has 2 nitrogen and oxygen atoms in total. The summed E-state index contributed by atoms with van der Waals surface area (Å²) in [5.41, 5.74) is 1.43. The molecule has 21 heavy (non-hydrogen) atoms. The lowest BCUT2D eigenvalue weighted by Gasteiger charge is -2.35. The van der Waals surface area contributed by atoms with Crippen molar-refractivity contribution in [3.8, 4) is 0 Å². The minimum absolute atomic E-state index is 0.111. The lowest BCUT2D eigenvalue weighted by Crippen LogP contribution is -2.45. The summed E-state index contributed by atoms with van der Waals surface area (Å²) in [7, 11) is 3.63. The second-order valence-electron chi connectivity index (χ2n) is 5.28. The Morgan fingerprint density at radius 3 is 1.71 bits per heavy atom. The van der Waals surface area contributed by atoms with E-state index in [0.717, 1.165) is 22.9 Å². The molecule has 0 radical (unpaired) electrons. The van der Waals surface area contributed by atoms with E-state index in [0.29, 0.717) is 0 Å². The highest BCUT2D eigenvalue weighted by molar-refractivity contribution is 9.09. The van der Waals surface area contributed by atoms with Gasteiger partial charge >= 0.3 is 0 Å². The Morgan fingerprint density at radius 2 is 1.38 bits per heavy atom. The summed E-state index contributed by atoms with van der Waals surface area (Å²) in [6, 6.07) is 20.1. The number of nitrogens with zero attached hydrogens (tertiary/aromatic N) is 1. The van der Waals surface area contributed by atoms with Gasteiger partial charge in [0.1, 0.15) is 0 Å². The van der Waals surface area contributed by atoms with Crippen LogP contribution < -0.4 is 0 Å². The summed E-state index contributed by atoms with van der Waals surface area (Å²) < 4.78 is 0. The number of carbonyl (C=O) groups is 1. The highest BCUT2D eigenvalue weighted by atomic mass is 79.9. The fraction of sp³-hybridized carbons (Fsp3) is 0.278. The van der Waals surface area contributed by atoms with Crippen LogP contribution in [0.5, 0.6) is 0 Å². The van der Waals surface area contributed by atoms with Gasteiger partial charge in [-0.2, -0.15) is 0 Å². The molecule has 0 saturated carbocycles. The summed E-state index contributed by atoms with van der Waals surface area (Å²) in [6.45, 7) is 0. The van der Waals surface area contributed by atoms with Crippen LogP contribution in [-0.4, -0.2) is 30.2 Å². The lowest BCUT2D eigenvalue weighted by atomic mass is 9.71. The fourth-order valence-corrected chi connectivity index (χ4v) is 3.37. The summed E-state index contributed by atoms with van der Waals surface area (Å²) in [5.74, 6) is 0.111. The first-order chi connectivity index (χ1) is 10.1. The quantitative estimate of drug-likeness (QED) is 0.753. The summed E-state index contributed by atoms with van der Waals surface area (Å²) in [5, 5.41) is 0.760. The number of likely N-dealkylation sites (N-methyl/N-ethyl adjacent to an activating group) is 1. The zero-order valence-corrected chi connectivity index (χ0v) is 14.0. The lowest BCUT2D eigenvalue weighted by molar-refractivity contribution is -0.133. The third-order valence-electron chi connectivity index (χ3n) is 3.77. The molecule has 2 aromatic rings. The predicted molar refractivity (Wildman–Crippen MR) is 90.8 cm³/mol. The van der Waals surface area contributed by atoms with Crippen LogP contribution in [0.15, 0.2) is 60.7 Å². The first-order valence-electron chi connectivity index (χ1n) is 7.01. The van der Waals surface area contributed by atoms with Crippen LogP contribution in [0.2, 0.25) is 0 Å². The molecule has 1 amide bonds. The first kappa shape index (κ1) is 15.8. The average molecular weight is 346 g/mol. The zero-order chi connectivity index (χ0) is 15.3. The maximum atomic E-state index is 13.1. The highest BCUT2D eigenvalue weighted by Crippen LogP contribution is 2.37. The Bertz CT molecular complexity index is 541. The molecule has 0 N–H and O–H groups in total. The molecule has 110 valence electrons. The van der Waals surface area contributed by atoms with Gasteiger partial charge in [0.15, 0.2) is 0 Å². The van der Waals surface area contributed by atoms with Crippen molar-refractivity contribution in [3.05, 3.63) is 71.8 Å². The van der Waals surface area contributed by atoms with Crippen molar-refractivity contribution in [2.24, 2.45) is 0 Å². The van der Waals surface area contributed by atoms with Crippen LogP contribution in [-0.2, 0) is 10.2 Å². The smallest absolute Gasteiger partial charge is 0.237 e. The van der Waals surface area contributed by atoms with Gasteiger partial charge in [0.05, 0.1) is 5.41 Å². The molecular formula is C18H20BrNO. The van der Waals surface area contributed by atoms with Crippen molar-refractivity contribution in [2.75, 3.05) is 19.4 Å². The maximum absolute atomic E-state index is 13.1. The minimum Gasteiger partial charge on any atom is -0.348 e. The highest BCUT2D eigenvalue weighted by Gasteiger charge is 2.42. The number of rotatable bonds is 5. The third-order valence-corrected chi connectivity index (χ3v) is 4.17. The summed E-state index contributed by atoms with van der Waals surface area (Å²) >= 11 is 3.53. The van der Waals surface area contributed by atoms with Crippen molar-refractivity contribution < 1.29 is 4.79 Å². The molecule has 0 heterocycles. The molecule has 0 spiro atoms. The molecule has 0 aliphatic rings. The van der Waals surface area contributed by atoms with E-state index in [1.165, 1.54) is 0 Å². The molecule has 0 atom stereocenters. The Morgan fingerprint density at radius 1 is 0.952 bits per heavy atom. The van der Waals surface area contributed by atoms with Crippen molar-refractivity contribution in [3.63, 3.8) is 0 Å². The van der Waals surface area contributed by atoms with Gasteiger partial charge in [0, 0.05) is 19.4 Å². The summed E-state index contributed by atoms with van der Waals surface area (Å²) in [6.07, 6.45) is 0.720. The van der Waals surface area contributed by atoms with Crippen molar-refractivity contribution in [2.45, 2.75) is 11.8 Å². The van der Waals surface area contributed by atoms with Crippen LogP contribution in [0.3, 0.4) is 0 Å². The van der Waals surface area contributed by atoms with Crippen LogP contribution in [0, 0.1) is 0 Å². The molecule has 2 rings (SSSR count). The Hall–Kier alpha value is -1.61. The van der Waals surface area contributed by atoms with E-state index in [9.17, 15) is 4.79 Å². The van der Waals surface area contributed by atoms with Gasteiger partial charge in [-0.3, -0.25) is 4.79 Å². The van der Waals surface area contributed by atoms with E-state index < -0.39 is 5.41 Å². The number of hydrogen-bond acceptors (Lipinski definition) is 1. The van der Waals surface area contributed by atoms with E-state index >= 15 is 0 Å². The Balaban J connectivity index is 2.69. The van der Waals surface area contributed by atoms with Gasteiger partial charge in [0.2, 0.25) is 5.91 Å². The Labute approximate surface area is 134 Å². The van der Waals surface area contributed by atoms with Gasteiger partial charge < -0.3 is 4.90 Å². The van der Waals surface area contributed by atoms with Crippen LogP contribution in [0.1, 0.15) is 17.5 Å². The van der Waals surface area contributed by atoms with Gasteiger partial charge in [-0.15, -0.1) is 0 Å². The van der Waals surface area contributed by atoms with E-state index in [-0.39, 0.29) is 5.91 Å². The van der Waals surface area contributed by atoms with E-state index in [2.05, 4.69) is 15.9 Å². The number of amides is 1. The number of benzene rings is 2. The van der Waals surface area contributed by atoms with Crippen LogP contribution >= 0.6 is 15.9 Å². The first-order valence-corrected chi connectivity index (χ1v) is 8.14. The van der Waals surface area contributed by atoms with E-state index in [1.807, 2.05) is 74.8 Å². The molecule has 0 aliphatic heterocycles. The fourth-order valence-electron chi connectivity index (χ4n) is 2.78. The molecule has 0 saturated heterocycles. The number of halogens is 1. The minimum atomic E-state index is -0.643. The molecule has 0 fully saturated rings. The van der Waals surface area contributed by atoms with Crippen molar-refractivity contribution in [1.29, 1.82) is 0 Å². The second-order valence-corrected chi connectivity index (χ2v) is 6.07. The van der Waals surface area contributed by atoms with Crippen molar-refractivity contribution >= 4 is 21.8 Å². The normalized spacial score (nSPS) is 11.2. The molecule has 3 heteroatoms. The number of hydrogen-bond donors (Lipinski definition) is 0. The zero-order valence-electron chi connectivity index (χ0n) is 12.4. The number of alkyl halides is 1. The Kier molecular flexibility index (Phi) is 5.18. The molecule has 0 bridgehead atoms. The number of carbonyl (C=O) groups excluding carboxylic acids is 1. The van der Waals surface area contributed by atoms with Crippen LogP contribution in [0.4, 0.5) is 0 Å². The average Bonchev–Trinajstić information content (AvgIpc) is 2.53. The van der Waals surface area contributed by atoms with E-state index in [4.69, 9.17) is 0 Å². The van der Waals surface area contributed by atoms with E-state index in [1.54, 1.807) is 4.90 Å².